The number of aliphatic imine (C=N–C) groups is 1. The van der Waals surface area contributed by atoms with Crippen molar-refractivity contribution in [3.05, 3.63) is 93.8 Å². The number of H-pyrrole nitrogens is 1. The average Bonchev–Trinajstić information content (AvgIpc) is 2.99. The number of benzene rings is 3. The minimum atomic E-state index is -0.310. The van der Waals surface area contributed by atoms with Crippen LogP contribution >= 0.6 is 0 Å². The van der Waals surface area contributed by atoms with Crippen molar-refractivity contribution in [2.75, 3.05) is 26.2 Å². The summed E-state index contributed by atoms with van der Waals surface area (Å²) in [5.74, 6) is -0.169. The number of aromatic hydroxyl groups is 1. The van der Waals surface area contributed by atoms with E-state index >= 15 is 0 Å². The highest BCUT2D eigenvalue weighted by Gasteiger charge is 2.13. The maximum Gasteiger partial charge on any atom is 0.258 e. The van der Waals surface area contributed by atoms with E-state index in [1.807, 2.05) is 30.3 Å². The van der Waals surface area contributed by atoms with E-state index in [2.05, 4.69) is 56.2 Å². The Balaban J connectivity index is 1.23. The molecular formula is C34H38N4O2. The van der Waals surface area contributed by atoms with Gasteiger partial charge in [0.25, 0.3) is 5.56 Å². The second-order valence-electron chi connectivity index (χ2n) is 11.3. The highest BCUT2D eigenvalue weighted by molar-refractivity contribution is 6.03. The monoisotopic (exact) mass is 534 g/mol. The first-order valence-electron chi connectivity index (χ1n) is 14.7. The van der Waals surface area contributed by atoms with Gasteiger partial charge in [0.15, 0.2) is 0 Å². The molecule has 3 aromatic carbocycles. The zero-order valence-corrected chi connectivity index (χ0v) is 23.1. The molecule has 2 aliphatic heterocycles. The molecule has 206 valence electrons. The van der Waals surface area contributed by atoms with E-state index in [4.69, 9.17) is 0 Å². The highest BCUT2D eigenvalue weighted by atomic mass is 16.3. The Kier molecular flexibility index (Phi) is 8.07. The van der Waals surface area contributed by atoms with Crippen LogP contribution in [0.25, 0.3) is 21.9 Å². The van der Waals surface area contributed by atoms with Crippen LogP contribution in [0.2, 0.25) is 0 Å². The average molecular weight is 535 g/mol. The summed E-state index contributed by atoms with van der Waals surface area (Å²) in [6.07, 6.45) is 9.47. The number of likely N-dealkylation sites (tertiary alicyclic amines) is 2. The molecule has 4 aromatic rings. The molecule has 6 nitrogen and oxygen atoms in total. The molecule has 2 saturated heterocycles. The van der Waals surface area contributed by atoms with E-state index in [0.717, 1.165) is 29.9 Å². The fourth-order valence-corrected chi connectivity index (χ4v) is 6.03. The molecule has 40 heavy (non-hydrogen) atoms. The van der Waals surface area contributed by atoms with Gasteiger partial charge in [-0.25, -0.2) is 0 Å². The fraction of sp³-hybridized carbons (Fsp3) is 0.353. The zero-order valence-electron chi connectivity index (χ0n) is 23.1. The molecule has 0 spiro atoms. The van der Waals surface area contributed by atoms with Crippen LogP contribution in [0.3, 0.4) is 0 Å². The SMILES string of the molecule is O=c1[nH]c(O)c(C=Nc2ccc(CN3CCCCC3)cc2)c2cc(-c3ccc(CN4CCCCC4)cc3)ccc12. The van der Waals surface area contributed by atoms with Gasteiger partial charge in [0.05, 0.1) is 11.3 Å². The van der Waals surface area contributed by atoms with Crippen molar-refractivity contribution in [3.63, 3.8) is 0 Å². The molecule has 0 aliphatic carbocycles. The lowest BCUT2D eigenvalue weighted by Gasteiger charge is -2.26. The predicted molar refractivity (Wildman–Crippen MR) is 164 cm³/mol. The Labute approximate surface area is 236 Å². The Morgan fingerprint density at radius 3 is 1.85 bits per heavy atom. The smallest absolute Gasteiger partial charge is 0.258 e. The van der Waals surface area contributed by atoms with Gasteiger partial charge in [0.2, 0.25) is 5.88 Å². The Bertz CT molecular complexity index is 1530. The molecule has 0 unspecified atom stereocenters. The second kappa shape index (κ2) is 12.2. The van der Waals surface area contributed by atoms with Crippen LogP contribution in [0.5, 0.6) is 5.88 Å². The number of hydrogen-bond donors (Lipinski definition) is 2. The van der Waals surface area contributed by atoms with Gasteiger partial charge in [-0.15, -0.1) is 0 Å². The third kappa shape index (κ3) is 6.19. The number of fused-ring (bicyclic) bond motifs is 1. The summed E-state index contributed by atoms with van der Waals surface area (Å²) >= 11 is 0. The van der Waals surface area contributed by atoms with E-state index < -0.39 is 0 Å². The maximum absolute atomic E-state index is 12.6. The third-order valence-corrected chi connectivity index (χ3v) is 8.32. The molecule has 2 N–H and O–H groups in total. The Morgan fingerprint density at radius 2 is 1.25 bits per heavy atom. The summed E-state index contributed by atoms with van der Waals surface area (Å²) in [6.45, 7) is 6.65. The lowest BCUT2D eigenvalue weighted by Crippen LogP contribution is -2.28. The molecular weight excluding hydrogens is 496 g/mol. The molecule has 0 saturated carbocycles. The van der Waals surface area contributed by atoms with Gasteiger partial charge in [-0.3, -0.25) is 24.6 Å². The number of aromatic amines is 1. The molecule has 0 amide bonds. The normalized spacial score (nSPS) is 17.1. The quantitative estimate of drug-likeness (QED) is 0.261. The van der Waals surface area contributed by atoms with Gasteiger partial charge >= 0.3 is 0 Å². The van der Waals surface area contributed by atoms with Crippen LogP contribution in [-0.2, 0) is 13.1 Å². The number of rotatable bonds is 7. The molecule has 3 heterocycles. The summed E-state index contributed by atoms with van der Waals surface area (Å²) in [6, 6.07) is 22.7. The van der Waals surface area contributed by atoms with Gasteiger partial charge in [-0.1, -0.05) is 55.3 Å². The highest BCUT2D eigenvalue weighted by Crippen LogP contribution is 2.28. The third-order valence-electron chi connectivity index (χ3n) is 8.32. The summed E-state index contributed by atoms with van der Waals surface area (Å²) in [5.41, 5.74) is 5.68. The van der Waals surface area contributed by atoms with Crippen molar-refractivity contribution in [2.24, 2.45) is 4.99 Å². The lowest BCUT2D eigenvalue weighted by atomic mass is 9.98. The number of aromatic nitrogens is 1. The van der Waals surface area contributed by atoms with Crippen LogP contribution in [0.1, 0.15) is 55.2 Å². The van der Waals surface area contributed by atoms with Gasteiger partial charge < -0.3 is 5.11 Å². The van der Waals surface area contributed by atoms with Gasteiger partial charge in [0, 0.05) is 30.1 Å². The van der Waals surface area contributed by atoms with Crippen LogP contribution in [-0.4, -0.2) is 52.3 Å². The standard InChI is InChI=1S/C34H38N4O2/c39-33-30-16-13-28(27-11-7-25(8-12-27)23-37-17-3-1-4-18-37)21-31(30)32(34(40)36-33)22-35-29-14-9-26(10-15-29)24-38-19-5-2-6-20-38/h7-16,21-22H,1-6,17-20,23-24H2,(H2,36,39,40). The van der Waals surface area contributed by atoms with Gasteiger partial charge in [-0.2, -0.15) is 0 Å². The van der Waals surface area contributed by atoms with E-state index in [0.29, 0.717) is 16.3 Å². The fourth-order valence-electron chi connectivity index (χ4n) is 6.03. The molecule has 2 aliphatic rings. The van der Waals surface area contributed by atoms with E-state index in [1.54, 1.807) is 6.21 Å². The van der Waals surface area contributed by atoms with Crippen molar-refractivity contribution in [2.45, 2.75) is 51.6 Å². The van der Waals surface area contributed by atoms with Gasteiger partial charge in [-0.05, 0) is 98.4 Å². The largest absolute Gasteiger partial charge is 0.494 e. The van der Waals surface area contributed by atoms with Crippen LogP contribution < -0.4 is 5.56 Å². The van der Waals surface area contributed by atoms with Crippen molar-refractivity contribution < 1.29 is 5.11 Å². The van der Waals surface area contributed by atoms with Crippen LogP contribution in [0.4, 0.5) is 5.69 Å². The molecule has 1 aromatic heterocycles. The van der Waals surface area contributed by atoms with E-state index in [1.165, 1.54) is 75.8 Å². The van der Waals surface area contributed by atoms with E-state index in [9.17, 15) is 9.90 Å². The Morgan fingerprint density at radius 1 is 0.700 bits per heavy atom. The Hall–Kier alpha value is -3.74. The molecule has 2 fully saturated rings. The maximum atomic E-state index is 12.6. The number of piperidine rings is 2. The summed E-state index contributed by atoms with van der Waals surface area (Å²) < 4.78 is 0. The minimum absolute atomic E-state index is 0.169. The van der Waals surface area contributed by atoms with Crippen molar-refractivity contribution >= 4 is 22.7 Å². The topological polar surface area (TPSA) is 71.9 Å². The predicted octanol–water partition coefficient (Wildman–Crippen LogP) is 6.62. The lowest BCUT2D eigenvalue weighted by molar-refractivity contribution is 0.221. The van der Waals surface area contributed by atoms with E-state index in [-0.39, 0.29) is 11.4 Å². The molecule has 6 rings (SSSR count). The first-order valence-corrected chi connectivity index (χ1v) is 14.7. The van der Waals surface area contributed by atoms with Crippen LogP contribution in [0.15, 0.2) is 76.5 Å². The van der Waals surface area contributed by atoms with Crippen molar-refractivity contribution in [3.8, 4) is 17.0 Å². The number of nitrogens with zero attached hydrogens (tertiary/aromatic N) is 3. The molecule has 0 atom stereocenters. The summed E-state index contributed by atoms with van der Waals surface area (Å²) in [7, 11) is 0. The van der Waals surface area contributed by atoms with Crippen molar-refractivity contribution in [1.29, 1.82) is 0 Å². The first-order chi connectivity index (χ1) is 19.6. The molecule has 0 bridgehead atoms. The first kappa shape index (κ1) is 26.5. The molecule has 0 radical (unpaired) electrons. The number of pyridine rings is 1. The minimum Gasteiger partial charge on any atom is -0.494 e. The number of nitrogens with one attached hydrogen (secondary N) is 1. The molecule has 6 heteroatoms. The summed E-state index contributed by atoms with van der Waals surface area (Å²) in [5, 5.41) is 11.9. The van der Waals surface area contributed by atoms with Crippen LogP contribution in [0, 0.1) is 0 Å². The number of hydrogen-bond acceptors (Lipinski definition) is 5. The van der Waals surface area contributed by atoms with Gasteiger partial charge in [0.1, 0.15) is 0 Å². The van der Waals surface area contributed by atoms with Crippen molar-refractivity contribution in [1.82, 2.24) is 14.8 Å². The second-order valence-corrected chi connectivity index (χ2v) is 11.3. The summed E-state index contributed by atoms with van der Waals surface area (Å²) in [4.78, 5) is 24.9. The zero-order chi connectivity index (χ0) is 27.3.